The molecule has 2 aromatic rings. The van der Waals surface area contributed by atoms with Crippen LogP contribution < -0.4 is 11.5 Å². The van der Waals surface area contributed by atoms with Crippen molar-refractivity contribution in [2.24, 2.45) is 5.73 Å². The van der Waals surface area contributed by atoms with Crippen molar-refractivity contribution in [3.05, 3.63) is 24.3 Å². The van der Waals surface area contributed by atoms with Gasteiger partial charge >= 0.3 is 0 Å². The van der Waals surface area contributed by atoms with Crippen LogP contribution in [0.3, 0.4) is 0 Å². The topological polar surface area (TPSA) is 149 Å². The predicted molar refractivity (Wildman–Crippen MR) is 96.1 cm³/mol. The molecule has 0 bridgehead atoms. The molecular weight excluding hydrogens is 338 g/mol. The van der Waals surface area contributed by atoms with Gasteiger partial charge in [-0.3, -0.25) is 4.57 Å². The SMILES string of the molecule is Cc1nc(N)c2ncn([C@@H]3O[C@H](CN(C)CC=CCN)[C@@H](O)[C@H]3O)c2n1. The van der Waals surface area contributed by atoms with E-state index in [0.29, 0.717) is 36.6 Å². The molecule has 0 aromatic carbocycles. The lowest BCUT2D eigenvalue weighted by Gasteiger charge is -2.21. The van der Waals surface area contributed by atoms with E-state index in [-0.39, 0.29) is 5.82 Å². The highest BCUT2D eigenvalue weighted by molar-refractivity contribution is 5.81. The van der Waals surface area contributed by atoms with Crippen molar-refractivity contribution in [2.45, 2.75) is 31.5 Å². The Morgan fingerprint density at radius 2 is 2.08 bits per heavy atom. The molecule has 4 atom stereocenters. The molecule has 10 nitrogen and oxygen atoms in total. The summed E-state index contributed by atoms with van der Waals surface area (Å²) in [5, 5.41) is 20.9. The number of likely N-dealkylation sites (N-methyl/N-ethyl adjacent to an activating group) is 1. The number of hydrogen-bond acceptors (Lipinski definition) is 9. The third-order valence-electron chi connectivity index (χ3n) is 4.38. The van der Waals surface area contributed by atoms with Gasteiger partial charge in [0.05, 0.1) is 6.33 Å². The zero-order valence-corrected chi connectivity index (χ0v) is 14.9. The highest BCUT2D eigenvalue weighted by Crippen LogP contribution is 2.32. The molecule has 26 heavy (non-hydrogen) atoms. The largest absolute Gasteiger partial charge is 0.387 e. The van der Waals surface area contributed by atoms with Crippen LogP contribution in [0.4, 0.5) is 5.82 Å². The minimum Gasteiger partial charge on any atom is -0.387 e. The number of anilines is 1. The van der Waals surface area contributed by atoms with E-state index in [2.05, 4.69) is 15.0 Å². The predicted octanol–water partition coefficient (Wildman–Crippen LogP) is -1.22. The van der Waals surface area contributed by atoms with Gasteiger partial charge in [0.25, 0.3) is 0 Å². The summed E-state index contributed by atoms with van der Waals surface area (Å²) >= 11 is 0. The van der Waals surface area contributed by atoms with Crippen LogP contribution in [-0.4, -0.2) is 79.6 Å². The van der Waals surface area contributed by atoms with E-state index in [4.69, 9.17) is 16.2 Å². The number of nitrogens with zero attached hydrogens (tertiary/aromatic N) is 5. The van der Waals surface area contributed by atoms with Gasteiger partial charge in [0.2, 0.25) is 0 Å². The van der Waals surface area contributed by atoms with Crippen LogP contribution in [-0.2, 0) is 4.74 Å². The number of aryl methyl sites for hydroxylation is 1. The van der Waals surface area contributed by atoms with E-state index in [1.165, 1.54) is 6.33 Å². The van der Waals surface area contributed by atoms with E-state index in [9.17, 15) is 10.2 Å². The van der Waals surface area contributed by atoms with E-state index < -0.39 is 24.5 Å². The molecule has 0 radical (unpaired) electrons. The summed E-state index contributed by atoms with van der Waals surface area (Å²) in [6.07, 6.45) is 1.81. The second-order valence-electron chi connectivity index (χ2n) is 6.45. The first kappa shape index (κ1) is 18.7. The van der Waals surface area contributed by atoms with Crippen LogP contribution in [0.1, 0.15) is 12.1 Å². The van der Waals surface area contributed by atoms with Gasteiger partial charge in [0.15, 0.2) is 17.7 Å². The van der Waals surface area contributed by atoms with Crippen molar-refractivity contribution in [1.82, 2.24) is 24.4 Å². The van der Waals surface area contributed by atoms with Gasteiger partial charge < -0.3 is 31.3 Å². The molecular formula is C16H25N7O3. The van der Waals surface area contributed by atoms with Gasteiger partial charge in [0, 0.05) is 19.6 Å². The zero-order valence-electron chi connectivity index (χ0n) is 14.9. The Kier molecular flexibility index (Phi) is 5.49. The lowest BCUT2D eigenvalue weighted by Crippen LogP contribution is -2.38. The number of hydrogen-bond donors (Lipinski definition) is 4. The highest BCUT2D eigenvalue weighted by Gasteiger charge is 2.44. The number of aliphatic hydroxyl groups is 2. The third kappa shape index (κ3) is 3.55. The highest BCUT2D eigenvalue weighted by atomic mass is 16.6. The lowest BCUT2D eigenvalue weighted by molar-refractivity contribution is -0.0414. The number of nitrogens with two attached hydrogens (primary N) is 2. The van der Waals surface area contributed by atoms with Gasteiger partial charge in [-0.2, -0.15) is 0 Å². The molecule has 1 fully saturated rings. The molecule has 10 heteroatoms. The first-order valence-electron chi connectivity index (χ1n) is 8.44. The van der Waals surface area contributed by atoms with Crippen molar-refractivity contribution in [1.29, 1.82) is 0 Å². The third-order valence-corrected chi connectivity index (χ3v) is 4.38. The number of fused-ring (bicyclic) bond motifs is 1. The van der Waals surface area contributed by atoms with Crippen LogP contribution >= 0.6 is 0 Å². The number of aromatic nitrogens is 4. The van der Waals surface area contributed by atoms with Gasteiger partial charge in [-0.1, -0.05) is 12.2 Å². The van der Waals surface area contributed by atoms with Crippen molar-refractivity contribution in [2.75, 3.05) is 32.4 Å². The van der Waals surface area contributed by atoms with E-state index in [1.54, 1.807) is 11.5 Å². The Bertz CT molecular complexity index is 793. The molecule has 3 rings (SSSR count). The Morgan fingerprint density at radius 3 is 2.81 bits per heavy atom. The Balaban J connectivity index is 1.79. The average molecular weight is 363 g/mol. The maximum Gasteiger partial charge on any atom is 0.167 e. The zero-order chi connectivity index (χ0) is 18.8. The monoisotopic (exact) mass is 363 g/mol. The number of imidazole rings is 1. The summed E-state index contributed by atoms with van der Waals surface area (Å²) in [6, 6.07) is 0. The number of rotatable bonds is 6. The minimum absolute atomic E-state index is 0.266. The summed E-state index contributed by atoms with van der Waals surface area (Å²) in [6.45, 7) is 3.32. The molecule has 1 aliphatic rings. The van der Waals surface area contributed by atoms with Crippen LogP contribution in [0.25, 0.3) is 11.2 Å². The molecule has 3 heterocycles. The normalized spacial score (nSPS) is 26.5. The van der Waals surface area contributed by atoms with Crippen LogP contribution in [0.15, 0.2) is 18.5 Å². The molecule has 0 aliphatic carbocycles. The molecule has 0 spiro atoms. The first-order chi connectivity index (χ1) is 12.4. The summed E-state index contributed by atoms with van der Waals surface area (Å²) in [5.41, 5.74) is 12.2. The standard InChI is InChI=1S/C16H25N7O3/c1-9-20-14(18)11-15(21-9)23(8-19-11)16-13(25)12(24)10(26-16)7-22(2)6-4-3-5-17/h3-4,8,10,12-13,16,24-25H,5-7,17H2,1-2H3,(H2,18,20,21)/t10-,12-,13-,16-/m1/s1. The Labute approximate surface area is 151 Å². The Morgan fingerprint density at radius 1 is 1.31 bits per heavy atom. The fourth-order valence-corrected chi connectivity index (χ4v) is 3.08. The van der Waals surface area contributed by atoms with Gasteiger partial charge in [-0.05, 0) is 14.0 Å². The molecule has 1 saturated heterocycles. The lowest BCUT2D eigenvalue weighted by atomic mass is 10.1. The quantitative estimate of drug-likeness (QED) is 0.463. The van der Waals surface area contributed by atoms with Crippen LogP contribution in [0, 0.1) is 6.92 Å². The fraction of sp³-hybridized carbons (Fsp3) is 0.562. The summed E-state index contributed by atoms with van der Waals surface area (Å²) in [7, 11) is 1.90. The van der Waals surface area contributed by atoms with Crippen molar-refractivity contribution in [3.8, 4) is 0 Å². The number of aliphatic hydroxyl groups excluding tert-OH is 2. The molecule has 0 saturated carbocycles. The summed E-state index contributed by atoms with van der Waals surface area (Å²) in [5.74, 6) is 0.759. The summed E-state index contributed by atoms with van der Waals surface area (Å²) in [4.78, 5) is 14.6. The number of ether oxygens (including phenoxy) is 1. The number of nitrogen functional groups attached to an aromatic ring is 1. The molecule has 2 aromatic heterocycles. The van der Waals surface area contributed by atoms with Gasteiger partial charge in [0.1, 0.15) is 29.7 Å². The minimum atomic E-state index is -1.11. The van der Waals surface area contributed by atoms with E-state index in [0.717, 1.165) is 0 Å². The van der Waals surface area contributed by atoms with E-state index >= 15 is 0 Å². The van der Waals surface area contributed by atoms with Gasteiger partial charge in [-0.25, -0.2) is 15.0 Å². The van der Waals surface area contributed by atoms with Crippen LogP contribution in [0.2, 0.25) is 0 Å². The maximum atomic E-state index is 10.5. The second-order valence-corrected chi connectivity index (χ2v) is 6.45. The molecule has 142 valence electrons. The Hall–Kier alpha value is -2.11. The van der Waals surface area contributed by atoms with Crippen molar-refractivity contribution >= 4 is 17.0 Å². The van der Waals surface area contributed by atoms with Crippen molar-refractivity contribution in [3.63, 3.8) is 0 Å². The fourth-order valence-electron chi connectivity index (χ4n) is 3.08. The van der Waals surface area contributed by atoms with E-state index in [1.807, 2.05) is 24.1 Å². The van der Waals surface area contributed by atoms with Crippen LogP contribution in [0.5, 0.6) is 0 Å². The summed E-state index contributed by atoms with van der Waals surface area (Å²) < 4.78 is 7.51. The molecule has 0 unspecified atom stereocenters. The van der Waals surface area contributed by atoms with Gasteiger partial charge in [-0.15, -0.1) is 0 Å². The maximum absolute atomic E-state index is 10.5. The molecule has 1 aliphatic heterocycles. The first-order valence-corrected chi connectivity index (χ1v) is 8.44. The second kappa shape index (κ2) is 7.64. The average Bonchev–Trinajstić information content (AvgIpc) is 3.11. The van der Waals surface area contributed by atoms with Crippen molar-refractivity contribution < 1.29 is 14.9 Å². The smallest absolute Gasteiger partial charge is 0.167 e. The molecule has 6 N–H and O–H groups in total. The molecule has 0 amide bonds.